The molecule has 2 N–H and O–H groups in total. The zero-order valence-corrected chi connectivity index (χ0v) is 12.6. The topological polar surface area (TPSA) is 53.1 Å². The van der Waals surface area contributed by atoms with Crippen LogP contribution in [0.25, 0.3) is 0 Å². The van der Waals surface area contributed by atoms with Crippen molar-refractivity contribution in [3.05, 3.63) is 41.2 Å². The zero-order chi connectivity index (χ0) is 14.5. The van der Waals surface area contributed by atoms with Crippen molar-refractivity contribution >= 4 is 11.6 Å². The average Bonchev–Trinajstić information content (AvgIpc) is 2.89. The number of nitrogens with zero attached hydrogens (tertiary/aromatic N) is 2. The number of aromatic nitrogens is 2. The van der Waals surface area contributed by atoms with Crippen LogP contribution in [0.5, 0.6) is 11.5 Å². The van der Waals surface area contributed by atoms with Crippen LogP contribution in [0.4, 0.5) is 0 Å². The van der Waals surface area contributed by atoms with E-state index < -0.39 is 0 Å². The van der Waals surface area contributed by atoms with E-state index in [4.69, 9.17) is 22.1 Å². The van der Waals surface area contributed by atoms with Crippen molar-refractivity contribution in [3.63, 3.8) is 0 Å². The van der Waals surface area contributed by atoms with Crippen LogP contribution in [-0.4, -0.2) is 15.8 Å². The molecule has 2 rings (SSSR count). The predicted molar refractivity (Wildman–Crippen MR) is 81.4 cm³/mol. The number of hydrogen-bond acceptors (Lipinski definition) is 3. The maximum atomic E-state index is 6.27. The molecule has 1 atom stereocenters. The van der Waals surface area contributed by atoms with Crippen LogP contribution in [0.1, 0.15) is 25.8 Å². The lowest BCUT2D eigenvalue weighted by Gasteiger charge is -2.11. The summed E-state index contributed by atoms with van der Waals surface area (Å²) in [6.07, 6.45) is 5.27. The summed E-state index contributed by atoms with van der Waals surface area (Å²) in [5.41, 5.74) is 7.01. The third-order valence-electron chi connectivity index (χ3n) is 3.20. The van der Waals surface area contributed by atoms with Gasteiger partial charge in [-0.25, -0.2) is 0 Å². The van der Waals surface area contributed by atoms with E-state index in [0.29, 0.717) is 16.5 Å². The van der Waals surface area contributed by atoms with Crippen molar-refractivity contribution in [1.82, 2.24) is 9.78 Å². The average molecular weight is 294 g/mol. The minimum atomic E-state index is 0.141. The van der Waals surface area contributed by atoms with Crippen LogP contribution in [0.3, 0.4) is 0 Å². The van der Waals surface area contributed by atoms with Gasteiger partial charge in [0.05, 0.1) is 12.4 Å². The van der Waals surface area contributed by atoms with Crippen molar-refractivity contribution in [3.8, 4) is 11.5 Å². The van der Waals surface area contributed by atoms with Gasteiger partial charge in [0.25, 0.3) is 0 Å². The molecule has 0 amide bonds. The third kappa shape index (κ3) is 3.74. The van der Waals surface area contributed by atoms with Gasteiger partial charge in [-0.3, -0.25) is 4.68 Å². The second kappa shape index (κ2) is 6.77. The molecule has 0 aliphatic rings. The molecule has 1 aromatic heterocycles. The Morgan fingerprint density at radius 1 is 1.35 bits per heavy atom. The van der Waals surface area contributed by atoms with E-state index >= 15 is 0 Å². The fourth-order valence-corrected chi connectivity index (χ4v) is 2.14. The lowest BCUT2D eigenvalue weighted by Crippen LogP contribution is -2.21. The molecule has 1 heterocycles. The molecule has 5 heteroatoms. The lowest BCUT2D eigenvalue weighted by molar-refractivity contribution is 0.481. The summed E-state index contributed by atoms with van der Waals surface area (Å²) < 4.78 is 7.54. The Morgan fingerprint density at radius 2 is 2.15 bits per heavy atom. The van der Waals surface area contributed by atoms with E-state index in [2.05, 4.69) is 12.0 Å². The second-order valence-electron chi connectivity index (χ2n) is 4.76. The normalized spacial score (nSPS) is 12.4. The summed E-state index contributed by atoms with van der Waals surface area (Å²) in [5, 5.41) is 4.85. The molecule has 0 radical (unpaired) electrons. The Balaban J connectivity index is 2.08. The van der Waals surface area contributed by atoms with E-state index in [-0.39, 0.29) is 6.04 Å². The van der Waals surface area contributed by atoms with E-state index in [9.17, 15) is 0 Å². The fraction of sp³-hybridized carbons (Fsp3) is 0.400. The highest BCUT2D eigenvalue weighted by molar-refractivity contribution is 6.31. The zero-order valence-electron chi connectivity index (χ0n) is 11.8. The number of rotatable bonds is 6. The van der Waals surface area contributed by atoms with Gasteiger partial charge in [-0.2, -0.15) is 5.10 Å². The maximum Gasteiger partial charge on any atom is 0.165 e. The molecule has 0 fully saturated rings. The first-order valence-corrected chi connectivity index (χ1v) is 7.24. The minimum absolute atomic E-state index is 0.141. The summed E-state index contributed by atoms with van der Waals surface area (Å²) in [6, 6.07) is 5.84. The molecule has 2 aromatic rings. The second-order valence-corrected chi connectivity index (χ2v) is 5.17. The predicted octanol–water partition coefficient (Wildman–Crippen LogP) is 3.63. The third-order valence-corrected chi connectivity index (χ3v) is 3.55. The molecule has 0 spiro atoms. The first kappa shape index (κ1) is 14.9. The number of benzene rings is 1. The van der Waals surface area contributed by atoms with E-state index in [1.807, 2.05) is 36.0 Å². The first-order valence-electron chi connectivity index (χ1n) is 6.86. The van der Waals surface area contributed by atoms with Crippen LogP contribution in [0, 0.1) is 0 Å². The Labute approximate surface area is 124 Å². The van der Waals surface area contributed by atoms with E-state index in [1.165, 1.54) is 0 Å². The van der Waals surface area contributed by atoms with Gasteiger partial charge in [-0.1, -0.05) is 24.6 Å². The summed E-state index contributed by atoms with van der Waals surface area (Å²) in [6.45, 7) is 4.92. The Morgan fingerprint density at radius 3 is 2.75 bits per heavy atom. The van der Waals surface area contributed by atoms with Gasteiger partial charge in [0.2, 0.25) is 0 Å². The molecular formula is C15H20ClN3O. The molecule has 0 aliphatic heterocycles. The Bertz CT molecular complexity index is 568. The molecule has 108 valence electrons. The Kier molecular flexibility index (Phi) is 5.04. The molecule has 0 saturated heterocycles. The lowest BCUT2D eigenvalue weighted by atomic mass is 10.0. The number of halogens is 1. The van der Waals surface area contributed by atoms with Gasteiger partial charge in [-0.15, -0.1) is 0 Å². The van der Waals surface area contributed by atoms with E-state index in [1.54, 1.807) is 6.20 Å². The van der Waals surface area contributed by atoms with Gasteiger partial charge in [-0.05, 0) is 37.5 Å². The molecule has 1 unspecified atom stereocenters. The molecule has 20 heavy (non-hydrogen) atoms. The van der Waals surface area contributed by atoms with Gasteiger partial charge in [0, 0.05) is 17.6 Å². The molecule has 0 aliphatic carbocycles. The molecule has 4 nitrogen and oxygen atoms in total. The molecular weight excluding hydrogens is 274 g/mol. The fourth-order valence-electron chi connectivity index (χ4n) is 1.89. The van der Waals surface area contributed by atoms with Crippen molar-refractivity contribution in [2.45, 2.75) is 39.3 Å². The monoisotopic (exact) mass is 293 g/mol. The van der Waals surface area contributed by atoms with Crippen molar-refractivity contribution in [2.75, 3.05) is 0 Å². The highest BCUT2D eigenvalue weighted by atomic mass is 35.5. The Hall–Kier alpha value is -1.52. The van der Waals surface area contributed by atoms with Gasteiger partial charge < -0.3 is 10.5 Å². The quantitative estimate of drug-likeness (QED) is 0.885. The summed E-state index contributed by atoms with van der Waals surface area (Å²) in [5.74, 6) is 1.42. The molecule has 0 bridgehead atoms. The highest BCUT2D eigenvalue weighted by Gasteiger charge is 2.08. The standard InChI is InChI=1S/C15H20ClN3O/c1-3-12(17)7-11-5-6-13(8-15(11)16)20-14-9-18-19(4-2)10-14/h5-6,8-10,12H,3-4,7,17H2,1-2H3. The van der Waals surface area contributed by atoms with Crippen molar-refractivity contribution in [1.29, 1.82) is 0 Å². The largest absolute Gasteiger partial charge is 0.454 e. The SMILES string of the molecule is CCC(N)Cc1ccc(Oc2cnn(CC)c2)cc1Cl. The van der Waals surface area contributed by atoms with Crippen LogP contribution in [0.15, 0.2) is 30.6 Å². The van der Waals surface area contributed by atoms with E-state index in [0.717, 1.165) is 24.9 Å². The van der Waals surface area contributed by atoms with Crippen molar-refractivity contribution in [2.24, 2.45) is 5.73 Å². The first-order chi connectivity index (χ1) is 9.62. The van der Waals surface area contributed by atoms with Crippen LogP contribution in [-0.2, 0) is 13.0 Å². The number of hydrogen-bond donors (Lipinski definition) is 1. The highest BCUT2D eigenvalue weighted by Crippen LogP contribution is 2.27. The number of ether oxygens (including phenoxy) is 1. The van der Waals surface area contributed by atoms with Crippen LogP contribution in [0.2, 0.25) is 5.02 Å². The van der Waals surface area contributed by atoms with Crippen molar-refractivity contribution < 1.29 is 4.74 Å². The van der Waals surface area contributed by atoms with Crippen LogP contribution < -0.4 is 10.5 Å². The smallest absolute Gasteiger partial charge is 0.165 e. The van der Waals surface area contributed by atoms with Gasteiger partial charge in [0.1, 0.15) is 5.75 Å². The van der Waals surface area contributed by atoms with Gasteiger partial charge in [0.15, 0.2) is 5.75 Å². The molecule has 1 aromatic carbocycles. The summed E-state index contributed by atoms with van der Waals surface area (Å²) in [4.78, 5) is 0. The molecule has 0 saturated carbocycles. The van der Waals surface area contributed by atoms with Crippen LogP contribution >= 0.6 is 11.6 Å². The summed E-state index contributed by atoms with van der Waals surface area (Å²) in [7, 11) is 0. The minimum Gasteiger partial charge on any atom is -0.454 e. The summed E-state index contributed by atoms with van der Waals surface area (Å²) >= 11 is 6.27. The number of nitrogens with two attached hydrogens (primary N) is 1. The maximum absolute atomic E-state index is 6.27. The number of aryl methyl sites for hydroxylation is 1. The van der Waals surface area contributed by atoms with Gasteiger partial charge >= 0.3 is 0 Å².